The minimum atomic E-state index is -1.07. The van der Waals surface area contributed by atoms with Crippen LogP contribution in [0.4, 0.5) is 0 Å². The molecule has 3 heteroatoms. The van der Waals surface area contributed by atoms with Gasteiger partial charge < -0.3 is 9.84 Å². The molecule has 178 valence electrons. The maximum absolute atomic E-state index is 11.2. The summed E-state index contributed by atoms with van der Waals surface area (Å²) in [7, 11) is 0. The zero-order valence-corrected chi connectivity index (χ0v) is 20.5. The van der Waals surface area contributed by atoms with Gasteiger partial charge in [0.1, 0.15) is 0 Å². The number of unbranched alkanes of at least 4 members (excludes halogenated alkanes) is 18. The van der Waals surface area contributed by atoms with Crippen LogP contribution in [0.25, 0.3) is 0 Å². The van der Waals surface area contributed by atoms with Gasteiger partial charge in [-0.05, 0) is 18.3 Å². The molecule has 1 atom stereocenters. The second-order valence-corrected chi connectivity index (χ2v) is 8.58. The fourth-order valence-electron chi connectivity index (χ4n) is 3.54. The molecule has 0 heterocycles. The maximum atomic E-state index is 11.2. The third kappa shape index (κ3) is 24.7. The highest BCUT2D eigenvalue weighted by Crippen LogP contribution is 2.14. The van der Waals surface area contributed by atoms with Crippen LogP contribution < -0.4 is 0 Å². The lowest BCUT2D eigenvalue weighted by Gasteiger charge is -2.04. The van der Waals surface area contributed by atoms with Gasteiger partial charge in [0.15, 0.2) is 0 Å². The van der Waals surface area contributed by atoms with Gasteiger partial charge in [0.2, 0.25) is 6.29 Å². The minimum Gasteiger partial charge on any atom is -0.426 e. The molecule has 0 rings (SSSR count). The van der Waals surface area contributed by atoms with E-state index in [1.807, 2.05) is 0 Å². The zero-order chi connectivity index (χ0) is 22.8. The predicted octanol–water partition coefficient (Wildman–Crippen LogP) is 7.70. The number of hydrogen-bond donors (Lipinski definition) is 1. The monoisotopic (exact) mass is 432 g/mol. The van der Waals surface area contributed by atoms with E-state index in [1.54, 1.807) is 6.92 Å². The molecule has 0 bridgehead atoms. The van der Waals surface area contributed by atoms with E-state index in [0.29, 0.717) is 6.42 Å². The van der Waals surface area contributed by atoms with Crippen molar-refractivity contribution in [3.63, 3.8) is 0 Å². The first-order valence-corrected chi connectivity index (χ1v) is 13.1. The first-order valence-electron chi connectivity index (χ1n) is 13.1. The van der Waals surface area contributed by atoms with Crippen molar-refractivity contribution < 1.29 is 14.6 Å². The molecule has 1 unspecified atom stereocenters. The molecule has 0 aliphatic heterocycles. The summed E-state index contributed by atoms with van der Waals surface area (Å²) in [6.07, 6.45) is 24.9. The van der Waals surface area contributed by atoms with Crippen LogP contribution in [0.3, 0.4) is 0 Å². The molecule has 0 aliphatic rings. The molecule has 0 saturated heterocycles. The number of rotatable bonds is 20. The molecule has 0 aliphatic carbocycles. The van der Waals surface area contributed by atoms with Crippen LogP contribution in [0.5, 0.6) is 0 Å². The van der Waals surface area contributed by atoms with Crippen molar-refractivity contribution in [2.75, 3.05) is 0 Å². The standard InChI is InChI=1S/C28H48O3/c1-3-5-6-7-8-9-10-11-12-13-14-15-16-17-18-19-20-21-22-23-24-25-26-28(30)31-27(29)4-2/h27,29H,3-22H2,1-2H3. The molecule has 31 heavy (non-hydrogen) atoms. The van der Waals surface area contributed by atoms with Crippen molar-refractivity contribution in [2.24, 2.45) is 0 Å². The van der Waals surface area contributed by atoms with Gasteiger partial charge in [0.05, 0.1) is 0 Å². The summed E-state index contributed by atoms with van der Waals surface area (Å²) in [4.78, 5) is 11.2. The van der Waals surface area contributed by atoms with Crippen LogP contribution in [-0.4, -0.2) is 17.4 Å². The average Bonchev–Trinajstić information content (AvgIpc) is 2.77. The normalized spacial score (nSPS) is 11.2. The smallest absolute Gasteiger partial charge is 0.387 e. The lowest BCUT2D eigenvalue weighted by Crippen LogP contribution is -2.14. The van der Waals surface area contributed by atoms with Crippen molar-refractivity contribution in [1.29, 1.82) is 0 Å². The summed E-state index contributed by atoms with van der Waals surface area (Å²) in [5.41, 5.74) is 0. The Balaban J connectivity index is 3.27. The first-order chi connectivity index (χ1) is 15.2. The molecule has 1 N–H and O–H groups in total. The Morgan fingerprint density at radius 2 is 1.10 bits per heavy atom. The van der Waals surface area contributed by atoms with Gasteiger partial charge in [0, 0.05) is 18.8 Å². The molecule has 3 nitrogen and oxygen atoms in total. The van der Waals surface area contributed by atoms with Crippen LogP contribution in [-0.2, 0) is 9.53 Å². The van der Waals surface area contributed by atoms with Crippen molar-refractivity contribution in [3.05, 3.63) is 0 Å². The van der Waals surface area contributed by atoms with Crippen molar-refractivity contribution >= 4 is 5.97 Å². The van der Waals surface area contributed by atoms with Crippen LogP contribution in [0.1, 0.15) is 142 Å². The molecular formula is C28H48O3. The highest BCUT2D eigenvalue weighted by atomic mass is 16.6. The topological polar surface area (TPSA) is 46.5 Å². The molecule has 0 aromatic heterocycles. The van der Waals surface area contributed by atoms with E-state index in [1.165, 1.54) is 109 Å². The van der Waals surface area contributed by atoms with Gasteiger partial charge >= 0.3 is 5.97 Å². The quantitative estimate of drug-likeness (QED) is 0.0705. The number of carbonyl (C=O) groups is 1. The minimum absolute atomic E-state index is 0.360. The van der Waals surface area contributed by atoms with E-state index in [-0.39, 0.29) is 0 Å². The Labute approximate surface area is 193 Å². The van der Waals surface area contributed by atoms with Crippen LogP contribution in [0, 0.1) is 23.7 Å². The molecule has 0 radical (unpaired) electrons. The molecular weight excluding hydrogens is 384 g/mol. The predicted molar refractivity (Wildman–Crippen MR) is 131 cm³/mol. The number of ether oxygens (including phenoxy) is 1. The van der Waals surface area contributed by atoms with Crippen molar-refractivity contribution in [1.82, 2.24) is 0 Å². The third-order valence-corrected chi connectivity index (χ3v) is 5.56. The molecule has 0 spiro atoms. The van der Waals surface area contributed by atoms with Crippen molar-refractivity contribution in [2.45, 2.75) is 149 Å². The Morgan fingerprint density at radius 1 is 0.677 bits per heavy atom. The first kappa shape index (κ1) is 29.5. The highest BCUT2D eigenvalue weighted by molar-refractivity contribution is 5.89. The second-order valence-electron chi connectivity index (χ2n) is 8.58. The number of hydrogen-bond acceptors (Lipinski definition) is 3. The third-order valence-electron chi connectivity index (χ3n) is 5.56. The van der Waals surface area contributed by atoms with E-state index in [0.717, 1.165) is 12.8 Å². The number of carbonyl (C=O) groups excluding carboxylic acids is 1. The summed E-state index contributed by atoms with van der Waals surface area (Å²) >= 11 is 0. The van der Waals surface area contributed by atoms with Gasteiger partial charge in [-0.2, -0.15) is 0 Å². The lowest BCUT2D eigenvalue weighted by atomic mass is 10.0. The Kier molecular flexibility index (Phi) is 23.7. The molecule has 0 amide bonds. The largest absolute Gasteiger partial charge is 0.426 e. The maximum Gasteiger partial charge on any atom is 0.387 e. The Hall–Kier alpha value is -1.45. The number of esters is 1. The fourth-order valence-corrected chi connectivity index (χ4v) is 3.54. The summed E-state index contributed by atoms with van der Waals surface area (Å²) in [6, 6.07) is 0. The second kappa shape index (κ2) is 24.8. The number of aliphatic hydroxyl groups excluding tert-OH is 1. The lowest BCUT2D eigenvalue weighted by molar-refractivity contribution is -0.160. The zero-order valence-electron chi connectivity index (χ0n) is 20.5. The van der Waals surface area contributed by atoms with E-state index < -0.39 is 12.3 Å². The molecule has 0 aromatic rings. The Bertz CT molecular complexity index is 518. The van der Waals surface area contributed by atoms with Crippen LogP contribution in [0.15, 0.2) is 0 Å². The summed E-state index contributed by atoms with van der Waals surface area (Å²) < 4.78 is 4.62. The van der Waals surface area contributed by atoms with Gasteiger partial charge in [0.25, 0.3) is 0 Å². The fraction of sp³-hybridized carbons (Fsp3) is 0.821. The molecule has 0 aromatic carbocycles. The van der Waals surface area contributed by atoms with Gasteiger partial charge in [-0.15, -0.1) is 0 Å². The van der Waals surface area contributed by atoms with Gasteiger partial charge in [-0.25, -0.2) is 4.79 Å². The van der Waals surface area contributed by atoms with Gasteiger partial charge in [-0.1, -0.05) is 129 Å². The summed E-state index contributed by atoms with van der Waals surface area (Å²) in [6.45, 7) is 4.01. The van der Waals surface area contributed by atoms with E-state index in [2.05, 4.69) is 35.3 Å². The van der Waals surface area contributed by atoms with Crippen molar-refractivity contribution in [3.8, 4) is 23.7 Å². The van der Waals surface area contributed by atoms with Crippen LogP contribution >= 0.6 is 0 Å². The SMILES string of the molecule is CCCCCCCCCCCCCCCCCCCCC#CC#CC(=O)OC(O)CC. The number of aliphatic hydroxyl groups is 1. The summed E-state index contributed by atoms with van der Waals surface area (Å²) in [5, 5.41) is 9.16. The Morgan fingerprint density at radius 3 is 1.52 bits per heavy atom. The van der Waals surface area contributed by atoms with E-state index in [9.17, 15) is 4.79 Å². The van der Waals surface area contributed by atoms with Gasteiger partial charge in [-0.3, -0.25) is 0 Å². The molecule has 0 fully saturated rings. The van der Waals surface area contributed by atoms with Crippen LogP contribution in [0.2, 0.25) is 0 Å². The van der Waals surface area contributed by atoms with E-state index in [4.69, 9.17) is 5.11 Å². The molecule has 0 saturated carbocycles. The van der Waals surface area contributed by atoms with E-state index >= 15 is 0 Å². The highest BCUT2D eigenvalue weighted by Gasteiger charge is 2.04. The average molecular weight is 433 g/mol. The summed E-state index contributed by atoms with van der Waals surface area (Å²) in [5.74, 6) is 9.65.